The van der Waals surface area contributed by atoms with Gasteiger partial charge in [0.15, 0.2) is 11.5 Å². The maximum absolute atomic E-state index is 12.8. The average Bonchev–Trinajstić information content (AvgIpc) is 3.15. The zero-order valence-electron chi connectivity index (χ0n) is 13.2. The normalized spacial score (nSPS) is 36.2. The van der Waals surface area contributed by atoms with Crippen LogP contribution in [-0.2, 0) is 23.8 Å². The molecule has 0 saturated carbocycles. The van der Waals surface area contributed by atoms with Gasteiger partial charge in [-0.25, -0.2) is 4.79 Å². The van der Waals surface area contributed by atoms with E-state index in [1.807, 2.05) is 4.90 Å². The number of primary amides is 1. The fourth-order valence-electron chi connectivity index (χ4n) is 4.25. The van der Waals surface area contributed by atoms with Gasteiger partial charge in [-0.2, -0.15) is 0 Å². The molecule has 3 N–H and O–H groups in total. The van der Waals surface area contributed by atoms with Crippen LogP contribution in [0.2, 0.25) is 0 Å². The van der Waals surface area contributed by atoms with E-state index in [9.17, 15) is 14.4 Å². The Kier molecular flexibility index (Phi) is 3.03. The van der Waals surface area contributed by atoms with Gasteiger partial charge in [-0.3, -0.25) is 9.59 Å². The van der Waals surface area contributed by atoms with Crippen molar-refractivity contribution < 1.29 is 28.6 Å². The zero-order valence-corrected chi connectivity index (χ0v) is 13.2. The molecule has 0 aromatic heterocycles. The molecule has 1 aliphatic carbocycles. The number of nitrogens with zero attached hydrogens (tertiary/aromatic N) is 1. The van der Waals surface area contributed by atoms with Crippen molar-refractivity contribution in [2.24, 2.45) is 11.7 Å². The monoisotopic (exact) mass is 335 g/mol. The third kappa shape index (κ3) is 1.68. The predicted molar refractivity (Wildman–Crippen MR) is 78.3 cm³/mol. The number of nitrogens with two attached hydrogens (primary N) is 1. The number of amides is 1. The van der Waals surface area contributed by atoms with Gasteiger partial charge in [-0.05, 0) is 0 Å². The summed E-state index contributed by atoms with van der Waals surface area (Å²) in [5, 5.41) is 3.28. The van der Waals surface area contributed by atoms with Crippen LogP contribution in [0, 0.1) is 5.92 Å². The van der Waals surface area contributed by atoms with E-state index in [2.05, 4.69) is 5.32 Å². The predicted octanol–water partition coefficient (Wildman–Crippen LogP) is -1.35. The summed E-state index contributed by atoms with van der Waals surface area (Å²) in [6.45, 7) is 0.388. The third-order valence-electron chi connectivity index (χ3n) is 5.21. The Morgan fingerprint density at radius 3 is 2.83 bits per heavy atom. The lowest BCUT2D eigenvalue weighted by Gasteiger charge is -2.39. The van der Waals surface area contributed by atoms with Gasteiger partial charge >= 0.3 is 6.09 Å². The highest BCUT2D eigenvalue weighted by Gasteiger charge is 2.72. The highest BCUT2D eigenvalue weighted by molar-refractivity contribution is 6.22. The molecular weight excluding hydrogens is 318 g/mol. The van der Waals surface area contributed by atoms with Crippen molar-refractivity contribution in [3.05, 3.63) is 23.1 Å². The number of methoxy groups -OCH3 is 2. The van der Waals surface area contributed by atoms with E-state index >= 15 is 0 Å². The van der Waals surface area contributed by atoms with E-state index in [0.29, 0.717) is 12.2 Å². The molecular formula is C15H17N3O6. The van der Waals surface area contributed by atoms with Crippen LogP contribution in [0.1, 0.15) is 0 Å². The minimum absolute atomic E-state index is 0.0319. The van der Waals surface area contributed by atoms with Crippen LogP contribution in [0.3, 0.4) is 0 Å². The van der Waals surface area contributed by atoms with E-state index in [4.69, 9.17) is 19.9 Å². The molecule has 4 aliphatic rings. The second-order valence-corrected chi connectivity index (χ2v) is 6.17. The number of carbonyl (C=O) groups excluding carboxylic acids is 3. The molecule has 3 heterocycles. The van der Waals surface area contributed by atoms with Crippen LogP contribution in [0.4, 0.5) is 4.79 Å². The van der Waals surface area contributed by atoms with Crippen molar-refractivity contribution in [1.82, 2.24) is 10.2 Å². The first-order valence-corrected chi connectivity index (χ1v) is 7.55. The summed E-state index contributed by atoms with van der Waals surface area (Å²) in [7, 11) is 2.85. The standard InChI is InChI=1S/C15H17N3O6/c1-22-9-3-8(19)11-10(12(9)20)6(5-24-14(16)21)15(23-2)13-7(17-13)4-18(11)15/h3,6-7,13,17H,4-5H2,1-2H3,(H2,16,21)/t6?,7?,13?,15-/m1/s1. The number of nitrogens with one attached hydrogen (secondary N) is 1. The summed E-state index contributed by atoms with van der Waals surface area (Å²) in [5.41, 5.74) is 4.69. The molecule has 0 aromatic rings. The third-order valence-corrected chi connectivity index (χ3v) is 5.21. The lowest BCUT2D eigenvalue weighted by Crippen LogP contribution is -2.55. The summed E-state index contributed by atoms with van der Waals surface area (Å²) in [5.74, 6) is -1.38. The van der Waals surface area contributed by atoms with Crippen molar-refractivity contribution in [3.63, 3.8) is 0 Å². The highest BCUT2D eigenvalue weighted by atomic mass is 16.6. The number of hydrogen-bond acceptors (Lipinski definition) is 8. The SMILES string of the molecule is COC1=CC(=O)C2=C(C1=O)C(COC(N)=O)[C@@]1(OC)C3NC3CN21. The van der Waals surface area contributed by atoms with Gasteiger partial charge in [-0.1, -0.05) is 0 Å². The van der Waals surface area contributed by atoms with Gasteiger partial charge in [0.05, 0.1) is 24.8 Å². The number of rotatable bonds is 4. The van der Waals surface area contributed by atoms with E-state index in [1.54, 1.807) is 0 Å². The van der Waals surface area contributed by atoms with Crippen LogP contribution in [0.5, 0.6) is 0 Å². The summed E-state index contributed by atoms with van der Waals surface area (Å²) < 4.78 is 15.8. The molecule has 9 heteroatoms. The molecule has 2 fully saturated rings. The molecule has 2 saturated heterocycles. The Morgan fingerprint density at radius 1 is 1.46 bits per heavy atom. The average molecular weight is 335 g/mol. The molecule has 3 aliphatic heterocycles. The number of allylic oxidation sites excluding steroid dienone is 2. The Hall–Kier alpha value is -2.39. The van der Waals surface area contributed by atoms with Crippen molar-refractivity contribution >= 4 is 17.7 Å². The Bertz CT molecular complexity index is 729. The van der Waals surface area contributed by atoms with Gasteiger partial charge in [0.2, 0.25) is 11.6 Å². The number of piperazine rings is 1. The molecule has 3 unspecified atom stereocenters. The summed E-state index contributed by atoms with van der Waals surface area (Å²) in [6.07, 6.45) is 0.244. The molecule has 1 amide bonds. The number of hydrogen-bond donors (Lipinski definition) is 2. The first-order valence-electron chi connectivity index (χ1n) is 7.55. The van der Waals surface area contributed by atoms with Gasteiger partial charge < -0.3 is 30.2 Å². The number of ketones is 2. The molecule has 24 heavy (non-hydrogen) atoms. The zero-order chi connectivity index (χ0) is 17.2. The molecule has 9 nitrogen and oxygen atoms in total. The van der Waals surface area contributed by atoms with Crippen molar-refractivity contribution in [2.75, 3.05) is 27.4 Å². The lowest BCUT2D eigenvalue weighted by molar-refractivity contribution is -0.137. The number of fused-ring (bicyclic) bond motifs is 4. The second-order valence-electron chi connectivity index (χ2n) is 6.17. The van der Waals surface area contributed by atoms with Gasteiger partial charge in [0.25, 0.3) is 0 Å². The lowest BCUT2D eigenvalue weighted by atomic mass is 9.84. The first kappa shape index (κ1) is 15.2. The van der Waals surface area contributed by atoms with Crippen LogP contribution in [-0.4, -0.2) is 67.7 Å². The minimum atomic E-state index is -0.951. The van der Waals surface area contributed by atoms with Crippen molar-refractivity contribution in [3.8, 4) is 0 Å². The van der Waals surface area contributed by atoms with Gasteiger partial charge in [0, 0.05) is 31.3 Å². The Labute approximate surface area is 137 Å². The summed E-state index contributed by atoms with van der Waals surface area (Å²) in [6, 6.07) is 0.118. The largest absolute Gasteiger partial charge is 0.493 e. The fourth-order valence-corrected chi connectivity index (χ4v) is 4.25. The van der Waals surface area contributed by atoms with Gasteiger partial charge in [-0.15, -0.1) is 0 Å². The molecule has 4 rings (SSSR count). The van der Waals surface area contributed by atoms with E-state index < -0.39 is 23.5 Å². The summed E-state index contributed by atoms with van der Waals surface area (Å²) in [4.78, 5) is 38.2. The quantitative estimate of drug-likeness (QED) is 0.476. The van der Waals surface area contributed by atoms with E-state index in [0.717, 1.165) is 0 Å². The van der Waals surface area contributed by atoms with Crippen molar-refractivity contribution in [1.29, 1.82) is 0 Å². The Balaban J connectivity index is 1.82. The summed E-state index contributed by atoms with van der Waals surface area (Å²) >= 11 is 0. The molecule has 0 aromatic carbocycles. The first-order chi connectivity index (χ1) is 11.5. The molecule has 4 atom stereocenters. The number of Topliss-reactive ketones (excluding diaryl/α,β-unsaturated/α-hetero) is 1. The smallest absolute Gasteiger partial charge is 0.404 e. The second kappa shape index (κ2) is 4.81. The Morgan fingerprint density at radius 2 is 2.21 bits per heavy atom. The highest BCUT2D eigenvalue weighted by Crippen LogP contribution is 2.55. The van der Waals surface area contributed by atoms with Crippen LogP contribution in [0.15, 0.2) is 23.1 Å². The number of carbonyl (C=O) groups is 3. The minimum Gasteiger partial charge on any atom is -0.493 e. The molecule has 0 radical (unpaired) electrons. The molecule has 0 spiro atoms. The van der Waals surface area contributed by atoms with Crippen LogP contribution in [0.25, 0.3) is 0 Å². The number of ether oxygens (including phenoxy) is 3. The molecule has 128 valence electrons. The van der Waals surface area contributed by atoms with Crippen LogP contribution >= 0.6 is 0 Å². The topological polar surface area (TPSA) is 130 Å². The maximum atomic E-state index is 12.8. The molecule has 0 bridgehead atoms. The maximum Gasteiger partial charge on any atom is 0.404 e. The van der Waals surface area contributed by atoms with Gasteiger partial charge in [0.1, 0.15) is 6.61 Å². The van der Waals surface area contributed by atoms with E-state index in [1.165, 1.54) is 20.3 Å². The van der Waals surface area contributed by atoms with Crippen molar-refractivity contribution in [2.45, 2.75) is 17.8 Å². The fraction of sp³-hybridized carbons (Fsp3) is 0.533. The van der Waals surface area contributed by atoms with E-state index in [-0.39, 0.29) is 35.8 Å². The van der Waals surface area contributed by atoms with Crippen LogP contribution < -0.4 is 11.1 Å².